The van der Waals surface area contributed by atoms with Crippen LogP contribution in [-0.4, -0.2) is 13.7 Å². The Labute approximate surface area is 129 Å². The largest absolute Gasteiger partial charge is 0.493 e. The van der Waals surface area contributed by atoms with E-state index in [1.165, 1.54) is 11.1 Å². The van der Waals surface area contributed by atoms with E-state index in [2.05, 4.69) is 64.6 Å². The Balaban J connectivity index is 2.05. The minimum absolute atomic E-state index is 0.698. The van der Waals surface area contributed by atoms with E-state index in [1.54, 1.807) is 0 Å². The first-order valence-electron chi connectivity index (χ1n) is 6.81. The molecule has 1 N–H and O–H groups in total. The number of nitrogens with one attached hydrogen (secondary N) is 1. The molecule has 0 aliphatic carbocycles. The average molecular weight is 334 g/mol. The van der Waals surface area contributed by atoms with Crippen molar-refractivity contribution in [2.45, 2.75) is 19.9 Å². The van der Waals surface area contributed by atoms with Gasteiger partial charge < -0.3 is 10.1 Å². The lowest BCUT2D eigenvalue weighted by atomic mass is 10.1. The lowest BCUT2D eigenvalue weighted by molar-refractivity contribution is 0.315. The highest BCUT2D eigenvalue weighted by Gasteiger charge is 2.08. The molecule has 0 spiro atoms. The quantitative estimate of drug-likeness (QED) is 0.859. The molecule has 0 atom stereocenters. The van der Waals surface area contributed by atoms with E-state index >= 15 is 0 Å². The van der Waals surface area contributed by atoms with Gasteiger partial charge in [-0.05, 0) is 37.2 Å². The molecule has 0 radical (unpaired) electrons. The SMILES string of the molecule is CNCc1cc(Br)cc(C)c1OCCc1ccccc1. The second-order valence-corrected chi connectivity index (χ2v) is 5.74. The molecule has 0 bridgehead atoms. The van der Waals surface area contributed by atoms with Crippen molar-refractivity contribution in [2.24, 2.45) is 0 Å². The summed E-state index contributed by atoms with van der Waals surface area (Å²) in [5.41, 5.74) is 3.66. The Kier molecular flexibility index (Phi) is 5.62. The van der Waals surface area contributed by atoms with E-state index in [9.17, 15) is 0 Å². The maximum Gasteiger partial charge on any atom is 0.126 e. The van der Waals surface area contributed by atoms with E-state index in [-0.39, 0.29) is 0 Å². The molecule has 3 heteroatoms. The highest BCUT2D eigenvalue weighted by atomic mass is 79.9. The van der Waals surface area contributed by atoms with Crippen LogP contribution in [0.2, 0.25) is 0 Å². The molecule has 2 aromatic carbocycles. The third kappa shape index (κ3) is 4.09. The van der Waals surface area contributed by atoms with Crippen LogP contribution in [0.3, 0.4) is 0 Å². The standard InChI is InChI=1S/C17H20BrNO/c1-13-10-16(18)11-15(12-19-2)17(13)20-9-8-14-6-4-3-5-7-14/h3-7,10-11,19H,8-9,12H2,1-2H3. The lowest BCUT2D eigenvalue weighted by Crippen LogP contribution is -2.10. The van der Waals surface area contributed by atoms with Crippen LogP contribution >= 0.6 is 15.9 Å². The van der Waals surface area contributed by atoms with Crippen molar-refractivity contribution < 1.29 is 4.74 Å². The zero-order valence-corrected chi connectivity index (χ0v) is 13.5. The first kappa shape index (κ1) is 15.1. The third-order valence-electron chi connectivity index (χ3n) is 3.16. The summed E-state index contributed by atoms with van der Waals surface area (Å²) in [7, 11) is 1.95. The van der Waals surface area contributed by atoms with Crippen LogP contribution in [0.4, 0.5) is 0 Å². The van der Waals surface area contributed by atoms with Crippen LogP contribution < -0.4 is 10.1 Å². The molecular weight excluding hydrogens is 314 g/mol. The molecule has 0 unspecified atom stereocenters. The first-order chi connectivity index (χ1) is 9.70. The summed E-state index contributed by atoms with van der Waals surface area (Å²) in [6, 6.07) is 14.6. The molecular formula is C17H20BrNO. The van der Waals surface area contributed by atoms with Gasteiger partial charge in [-0.15, -0.1) is 0 Å². The van der Waals surface area contributed by atoms with Crippen LogP contribution in [0.25, 0.3) is 0 Å². The van der Waals surface area contributed by atoms with Gasteiger partial charge in [-0.1, -0.05) is 46.3 Å². The molecule has 0 saturated heterocycles. The smallest absolute Gasteiger partial charge is 0.126 e. The van der Waals surface area contributed by atoms with Gasteiger partial charge in [0.15, 0.2) is 0 Å². The number of halogens is 1. The zero-order valence-electron chi connectivity index (χ0n) is 11.9. The Morgan fingerprint density at radius 2 is 1.90 bits per heavy atom. The Bertz CT molecular complexity index is 554. The van der Waals surface area contributed by atoms with Crippen LogP contribution in [0.15, 0.2) is 46.9 Å². The van der Waals surface area contributed by atoms with Gasteiger partial charge in [-0.2, -0.15) is 0 Å². The molecule has 0 amide bonds. The minimum Gasteiger partial charge on any atom is -0.493 e. The van der Waals surface area contributed by atoms with Gasteiger partial charge in [0.1, 0.15) is 5.75 Å². The Morgan fingerprint density at radius 1 is 1.15 bits per heavy atom. The van der Waals surface area contributed by atoms with Crippen LogP contribution in [0.5, 0.6) is 5.75 Å². The topological polar surface area (TPSA) is 21.3 Å². The monoisotopic (exact) mass is 333 g/mol. The highest BCUT2D eigenvalue weighted by Crippen LogP contribution is 2.28. The third-order valence-corrected chi connectivity index (χ3v) is 3.62. The summed E-state index contributed by atoms with van der Waals surface area (Å²) in [6.45, 7) is 3.59. The molecule has 2 nitrogen and oxygen atoms in total. The molecule has 0 heterocycles. The molecule has 20 heavy (non-hydrogen) atoms. The van der Waals surface area contributed by atoms with Gasteiger partial charge in [0.2, 0.25) is 0 Å². The molecule has 0 fully saturated rings. The van der Waals surface area contributed by atoms with Crippen molar-refractivity contribution in [2.75, 3.05) is 13.7 Å². The molecule has 0 aliphatic heterocycles. The average Bonchev–Trinajstić information content (AvgIpc) is 2.43. The van der Waals surface area contributed by atoms with Crippen LogP contribution in [-0.2, 0) is 13.0 Å². The fourth-order valence-electron chi connectivity index (χ4n) is 2.24. The van der Waals surface area contributed by atoms with Crippen molar-refractivity contribution in [1.82, 2.24) is 5.32 Å². The Hall–Kier alpha value is -1.32. The molecule has 0 saturated carbocycles. The van der Waals surface area contributed by atoms with E-state index in [0.29, 0.717) is 6.61 Å². The molecule has 0 aromatic heterocycles. The fraction of sp³-hybridized carbons (Fsp3) is 0.294. The van der Waals surface area contributed by atoms with Crippen molar-refractivity contribution in [3.8, 4) is 5.75 Å². The maximum atomic E-state index is 6.02. The number of benzene rings is 2. The summed E-state index contributed by atoms with van der Waals surface area (Å²) in [5.74, 6) is 0.999. The van der Waals surface area contributed by atoms with Crippen molar-refractivity contribution >= 4 is 15.9 Å². The number of ether oxygens (including phenoxy) is 1. The van der Waals surface area contributed by atoms with Gasteiger partial charge >= 0.3 is 0 Å². The second kappa shape index (κ2) is 7.46. The maximum absolute atomic E-state index is 6.02. The molecule has 106 valence electrons. The first-order valence-corrected chi connectivity index (χ1v) is 7.60. The minimum atomic E-state index is 0.698. The molecule has 2 rings (SSSR count). The lowest BCUT2D eigenvalue weighted by Gasteiger charge is -2.15. The Morgan fingerprint density at radius 3 is 2.60 bits per heavy atom. The number of rotatable bonds is 6. The molecule has 0 aliphatic rings. The van der Waals surface area contributed by atoms with Gasteiger partial charge in [0.25, 0.3) is 0 Å². The second-order valence-electron chi connectivity index (χ2n) is 4.83. The summed E-state index contributed by atoms with van der Waals surface area (Å²) >= 11 is 3.54. The summed E-state index contributed by atoms with van der Waals surface area (Å²) in [4.78, 5) is 0. The normalized spacial score (nSPS) is 10.6. The van der Waals surface area contributed by atoms with Gasteiger partial charge in [0, 0.05) is 23.0 Å². The number of hydrogen-bond acceptors (Lipinski definition) is 2. The van der Waals surface area contributed by atoms with E-state index in [0.717, 1.165) is 28.8 Å². The van der Waals surface area contributed by atoms with Crippen molar-refractivity contribution in [3.05, 3.63) is 63.6 Å². The summed E-state index contributed by atoms with van der Waals surface area (Å²) in [5, 5.41) is 3.19. The zero-order chi connectivity index (χ0) is 14.4. The highest BCUT2D eigenvalue weighted by molar-refractivity contribution is 9.10. The van der Waals surface area contributed by atoms with E-state index in [4.69, 9.17) is 4.74 Å². The van der Waals surface area contributed by atoms with Gasteiger partial charge in [-0.3, -0.25) is 0 Å². The summed E-state index contributed by atoms with van der Waals surface area (Å²) in [6.07, 6.45) is 0.926. The van der Waals surface area contributed by atoms with Crippen LogP contribution in [0, 0.1) is 6.92 Å². The van der Waals surface area contributed by atoms with Crippen LogP contribution in [0.1, 0.15) is 16.7 Å². The van der Waals surface area contributed by atoms with E-state index in [1.807, 2.05) is 13.1 Å². The van der Waals surface area contributed by atoms with Gasteiger partial charge in [0.05, 0.1) is 6.61 Å². The van der Waals surface area contributed by atoms with Gasteiger partial charge in [-0.25, -0.2) is 0 Å². The predicted octanol–water partition coefficient (Wildman–Crippen LogP) is 4.10. The number of aryl methyl sites for hydroxylation is 1. The van der Waals surface area contributed by atoms with Crippen molar-refractivity contribution in [3.63, 3.8) is 0 Å². The van der Waals surface area contributed by atoms with E-state index < -0.39 is 0 Å². The predicted molar refractivity (Wildman–Crippen MR) is 87.3 cm³/mol. The van der Waals surface area contributed by atoms with Crippen molar-refractivity contribution in [1.29, 1.82) is 0 Å². The number of hydrogen-bond donors (Lipinski definition) is 1. The molecule has 2 aromatic rings. The fourth-order valence-corrected chi connectivity index (χ4v) is 2.86. The summed E-state index contributed by atoms with van der Waals surface area (Å²) < 4.78 is 7.11.